The van der Waals surface area contributed by atoms with E-state index in [-0.39, 0.29) is 5.78 Å². The molecule has 2 rings (SSSR count). The van der Waals surface area contributed by atoms with Crippen LogP contribution in [-0.4, -0.2) is 15.8 Å². The highest BCUT2D eigenvalue weighted by molar-refractivity contribution is 6.06. The molecule has 2 aromatic rings. The zero-order valence-electron chi connectivity index (χ0n) is 9.27. The number of aryl methyl sites for hydroxylation is 2. The summed E-state index contributed by atoms with van der Waals surface area (Å²) in [7, 11) is 0. The molecule has 0 atom stereocenters. The van der Waals surface area contributed by atoms with E-state index in [0.717, 1.165) is 11.1 Å². The third-order valence-corrected chi connectivity index (χ3v) is 2.30. The molecule has 0 fully saturated rings. The van der Waals surface area contributed by atoms with Gasteiger partial charge in [0.15, 0.2) is 0 Å². The summed E-state index contributed by atoms with van der Waals surface area (Å²) in [6.07, 6.45) is 3.27. The highest BCUT2D eigenvalue weighted by Gasteiger charge is 2.11. The maximum absolute atomic E-state index is 12.0. The Morgan fingerprint density at radius 2 is 1.38 bits per heavy atom. The molecule has 2 heterocycles. The molecule has 16 heavy (non-hydrogen) atoms. The van der Waals surface area contributed by atoms with Gasteiger partial charge >= 0.3 is 0 Å². The van der Waals surface area contributed by atoms with Crippen molar-refractivity contribution in [1.82, 2.24) is 9.97 Å². The van der Waals surface area contributed by atoms with Gasteiger partial charge in [-0.3, -0.25) is 14.8 Å². The van der Waals surface area contributed by atoms with E-state index in [1.165, 1.54) is 0 Å². The Morgan fingerprint density at radius 3 is 1.75 bits per heavy atom. The Kier molecular flexibility index (Phi) is 2.77. The molecule has 80 valence electrons. The zero-order chi connectivity index (χ0) is 11.5. The standard InChI is InChI=1S/C13H12N2O/c1-9-3-5-14-11(7-9)13(16)12-8-10(2)4-6-15-12/h3-8H,1-2H3. The third kappa shape index (κ3) is 2.14. The summed E-state index contributed by atoms with van der Waals surface area (Å²) >= 11 is 0. The number of aromatic nitrogens is 2. The summed E-state index contributed by atoms with van der Waals surface area (Å²) in [6.45, 7) is 3.87. The highest BCUT2D eigenvalue weighted by Crippen LogP contribution is 2.08. The molecular formula is C13H12N2O. The normalized spacial score (nSPS) is 10.1. The molecule has 0 aliphatic carbocycles. The first-order valence-electron chi connectivity index (χ1n) is 5.07. The number of ketones is 1. The van der Waals surface area contributed by atoms with Crippen molar-refractivity contribution in [3.63, 3.8) is 0 Å². The second-order valence-corrected chi connectivity index (χ2v) is 3.77. The first kappa shape index (κ1) is 10.5. The van der Waals surface area contributed by atoms with Crippen LogP contribution >= 0.6 is 0 Å². The molecule has 0 aromatic carbocycles. The lowest BCUT2D eigenvalue weighted by Crippen LogP contribution is -2.06. The SMILES string of the molecule is Cc1ccnc(C(=O)c2cc(C)ccn2)c1. The molecular weight excluding hydrogens is 200 g/mol. The van der Waals surface area contributed by atoms with Crippen molar-refractivity contribution in [2.24, 2.45) is 0 Å². The highest BCUT2D eigenvalue weighted by atomic mass is 16.1. The van der Waals surface area contributed by atoms with Gasteiger partial charge in [0.25, 0.3) is 0 Å². The van der Waals surface area contributed by atoms with Gasteiger partial charge in [-0.25, -0.2) is 0 Å². The summed E-state index contributed by atoms with van der Waals surface area (Å²) < 4.78 is 0. The number of carbonyl (C=O) groups is 1. The molecule has 0 bridgehead atoms. The van der Waals surface area contributed by atoms with Crippen molar-refractivity contribution in [3.05, 3.63) is 59.2 Å². The fraction of sp³-hybridized carbons (Fsp3) is 0.154. The van der Waals surface area contributed by atoms with E-state index in [1.807, 2.05) is 26.0 Å². The molecule has 0 saturated carbocycles. The third-order valence-electron chi connectivity index (χ3n) is 2.30. The summed E-state index contributed by atoms with van der Waals surface area (Å²) in [4.78, 5) is 20.1. The van der Waals surface area contributed by atoms with Gasteiger partial charge in [0, 0.05) is 12.4 Å². The average molecular weight is 212 g/mol. The molecule has 0 amide bonds. The molecule has 3 nitrogen and oxygen atoms in total. The van der Waals surface area contributed by atoms with Crippen molar-refractivity contribution in [2.75, 3.05) is 0 Å². The maximum Gasteiger partial charge on any atom is 0.229 e. The van der Waals surface area contributed by atoms with Crippen LogP contribution in [0.25, 0.3) is 0 Å². The Balaban J connectivity index is 2.39. The van der Waals surface area contributed by atoms with Crippen LogP contribution in [-0.2, 0) is 0 Å². The first-order chi connectivity index (χ1) is 7.66. The average Bonchev–Trinajstić information content (AvgIpc) is 2.28. The van der Waals surface area contributed by atoms with Gasteiger partial charge in [0.2, 0.25) is 5.78 Å². The Labute approximate surface area is 94.2 Å². The number of carbonyl (C=O) groups excluding carboxylic acids is 1. The van der Waals surface area contributed by atoms with E-state index in [0.29, 0.717) is 11.4 Å². The smallest absolute Gasteiger partial charge is 0.229 e. The molecule has 0 aliphatic rings. The van der Waals surface area contributed by atoms with Crippen LogP contribution in [0.4, 0.5) is 0 Å². The van der Waals surface area contributed by atoms with Crippen LogP contribution in [0.1, 0.15) is 27.3 Å². The van der Waals surface area contributed by atoms with E-state index < -0.39 is 0 Å². The van der Waals surface area contributed by atoms with Crippen LogP contribution < -0.4 is 0 Å². The summed E-state index contributed by atoms with van der Waals surface area (Å²) in [5.41, 5.74) is 2.92. The maximum atomic E-state index is 12.0. The lowest BCUT2D eigenvalue weighted by Gasteiger charge is -2.01. The molecule has 2 aromatic heterocycles. The summed E-state index contributed by atoms with van der Waals surface area (Å²) in [5, 5.41) is 0. The van der Waals surface area contributed by atoms with Crippen molar-refractivity contribution in [1.29, 1.82) is 0 Å². The number of pyridine rings is 2. The zero-order valence-corrected chi connectivity index (χ0v) is 9.27. The van der Waals surface area contributed by atoms with Crippen molar-refractivity contribution >= 4 is 5.78 Å². The van der Waals surface area contributed by atoms with Crippen molar-refractivity contribution < 1.29 is 4.79 Å². The van der Waals surface area contributed by atoms with E-state index in [9.17, 15) is 4.79 Å². The Bertz CT molecular complexity index is 487. The number of hydrogen-bond acceptors (Lipinski definition) is 3. The largest absolute Gasteiger partial charge is 0.285 e. The van der Waals surface area contributed by atoms with Gasteiger partial charge < -0.3 is 0 Å². The Hall–Kier alpha value is -2.03. The van der Waals surface area contributed by atoms with Crippen LogP contribution in [0.2, 0.25) is 0 Å². The predicted octanol–water partition coefficient (Wildman–Crippen LogP) is 2.32. The molecule has 0 saturated heterocycles. The number of nitrogens with zero attached hydrogens (tertiary/aromatic N) is 2. The molecule has 0 spiro atoms. The second-order valence-electron chi connectivity index (χ2n) is 3.77. The van der Waals surface area contributed by atoms with Gasteiger partial charge in [-0.1, -0.05) is 0 Å². The van der Waals surface area contributed by atoms with Gasteiger partial charge in [-0.2, -0.15) is 0 Å². The van der Waals surface area contributed by atoms with Crippen LogP contribution in [0.3, 0.4) is 0 Å². The molecule has 0 unspecified atom stereocenters. The van der Waals surface area contributed by atoms with Crippen LogP contribution in [0.5, 0.6) is 0 Å². The van der Waals surface area contributed by atoms with Crippen LogP contribution in [0, 0.1) is 13.8 Å². The molecule has 0 N–H and O–H groups in total. The first-order valence-corrected chi connectivity index (χ1v) is 5.07. The Morgan fingerprint density at radius 1 is 0.938 bits per heavy atom. The van der Waals surface area contributed by atoms with E-state index in [1.54, 1.807) is 24.5 Å². The van der Waals surface area contributed by atoms with Crippen LogP contribution in [0.15, 0.2) is 36.7 Å². The predicted molar refractivity (Wildman–Crippen MR) is 61.4 cm³/mol. The van der Waals surface area contributed by atoms with Gasteiger partial charge in [-0.15, -0.1) is 0 Å². The number of hydrogen-bond donors (Lipinski definition) is 0. The second kappa shape index (κ2) is 4.23. The molecule has 0 aliphatic heterocycles. The summed E-state index contributed by atoms with van der Waals surface area (Å²) in [6, 6.07) is 7.26. The van der Waals surface area contributed by atoms with Crippen molar-refractivity contribution in [2.45, 2.75) is 13.8 Å². The van der Waals surface area contributed by atoms with Gasteiger partial charge in [0.05, 0.1) is 0 Å². The quantitative estimate of drug-likeness (QED) is 0.717. The minimum Gasteiger partial charge on any atom is -0.285 e. The van der Waals surface area contributed by atoms with Gasteiger partial charge in [0.1, 0.15) is 11.4 Å². The van der Waals surface area contributed by atoms with E-state index in [2.05, 4.69) is 9.97 Å². The lowest BCUT2D eigenvalue weighted by atomic mass is 10.1. The lowest BCUT2D eigenvalue weighted by molar-refractivity contribution is 0.102. The van der Waals surface area contributed by atoms with Gasteiger partial charge in [-0.05, 0) is 49.2 Å². The molecule has 0 radical (unpaired) electrons. The van der Waals surface area contributed by atoms with E-state index in [4.69, 9.17) is 0 Å². The van der Waals surface area contributed by atoms with Crippen molar-refractivity contribution in [3.8, 4) is 0 Å². The fourth-order valence-corrected chi connectivity index (χ4v) is 1.45. The minimum atomic E-state index is -0.132. The summed E-state index contributed by atoms with van der Waals surface area (Å²) in [5.74, 6) is -0.132. The van der Waals surface area contributed by atoms with E-state index >= 15 is 0 Å². The number of rotatable bonds is 2. The minimum absolute atomic E-state index is 0.132. The monoisotopic (exact) mass is 212 g/mol. The molecule has 3 heteroatoms. The fourth-order valence-electron chi connectivity index (χ4n) is 1.45. The topological polar surface area (TPSA) is 42.9 Å².